The molecule has 0 fully saturated rings. The molecule has 1 unspecified atom stereocenters. The van der Waals surface area contributed by atoms with E-state index in [0.717, 1.165) is 3.57 Å². The number of hydrogen-bond donors (Lipinski definition) is 1. The number of halogens is 2. The molecule has 120 valence electrons. The fourth-order valence-electron chi connectivity index (χ4n) is 2.58. The number of hydrogen-bond acceptors (Lipinski definition) is 5. The molecule has 2 heterocycles. The minimum Gasteiger partial charge on any atom is -0.466 e. The first-order valence-corrected chi connectivity index (χ1v) is 8.83. The molecule has 3 rings (SSSR count). The zero-order chi connectivity index (χ0) is 16.6. The molecule has 23 heavy (non-hydrogen) atoms. The Balaban J connectivity index is 2.17. The molecule has 1 aliphatic heterocycles. The lowest BCUT2D eigenvalue weighted by molar-refractivity contribution is -0.147. The van der Waals surface area contributed by atoms with E-state index < -0.39 is 11.6 Å². The van der Waals surface area contributed by atoms with Crippen molar-refractivity contribution in [2.24, 2.45) is 0 Å². The van der Waals surface area contributed by atoms with Crippen molar-refractivity contribution in [2.45, 2.75) is 18.9 Å². The van der Waals surface area contributed by atoms with Crippen molar-refractivity contribution >= 4 is 44.5 Å². The van der Waals surface area contributed by atoms with Gasteiger partial charge in [0.1, 0.15) is 11.4 Å². The van der Waals surface area contributed by atoms with Gasteiger partial charge in [-0.1, -0.05) is 0 Å². The van der Waals surface area contributed by atoms with E-state index in [1.54, 1.807) is 31.3 Å². The molecule has 0 bridgehead atoms. The van der Waals surface area contributed by atoms with Crippen molar-refractivity contribution in [1.82, 2.24) is 4.98 Å². The van der Waals surface area contributed by atoms with Crippen molar-refractivity contribution in [3.8, 4) is 11.6 Å². The van der Waals surface area contributed by atoms with Crippen molar-refractivity contribution in [3.63, 3.8) is 0 Å². The highest BCUT2D eigenvalue weighted by Gasteiger charge is 2.43. The van der Waals surface area contributed by atoms with Gasteiger partial charge in [0.2, 0.25) is 5.88 Å². The maximum Gasteiger partial charge on any atom is 0.309 e. The summed E-state index contributed by atoms with van der Waals surface area (Å²) in [6.07, 6.45) is 1.38. The molecular weight excluding hydrogens is 477 g/mol. The van der Waals surface area contributed by atoms with Crippen molar-refractivity contribution in [1.29, 1.82) is 0 Å². The molecule has 1 aromatic carbocycles. The number of pyridine rings is 1. The van der Waals surface area contributed by atoms with Gasteiger partial charge in [-0.25, -0.2) is 4.98 Å². The maximum atomic E-state index is 12.0. The Kier molecular flexibility index (Phi) is 4.61. The summed E-state index contributed by atoms with van der Waals surface area (Å²) in [4.78, 5) is 16.3. The number of aliphatic hydroxyl groups is 1. The summed E-state index contributed by atoms with van der Waals surface area (Å²) < 4.78 is 12.4. The van der Waals surface area contributed by atoms with Gasteiger partial charge in [0.25, 0.3) is 0 Å². The van der Waals surface area contributed by atoms with E-state index in [-0.39, 0.29) is 18.9 Å². The molecule has 5 nitrogen and oxygen atoms in total. The molecule has 7 heteroatoms. The lowest BCUT2D eigenvalue weighted by Gasteiger charge is -2.34. The molecule has 2 aromatic rings. The summed E-state index contributed by atoms with van der Waals surface area (Å²) in [5, 5.41) is 11.4. The van der Waals surface area contributed by atoms with Gasteiger partial charge < -0.3 is 14.6 Å². The number of rotatable bonds is 3. The average Bonchev–Trinajstić information content (AvgIpc) is 2.49. The standard InChI is InChI=1S/C16H13BrINO4/c1-2-22-14(20)7-16(21)11-6-10(18)3-4-13(11)23-15-12(16)5-9(17)8-19-15/h3-6,8,21H,2,7H2,1H3. The van der Waals surface area contributed by atoms with Crippen LogP contribution in [0.5, 0.6) is 11.6 Å². The Labute approximate surface area is 155 Å². The molecule has 0 spiro atoms. The first-order valence-electron chi connectivity index (χ1n) is 6.96. The van der Waals surface area contributed by atoms with Crippen LogP contribution < -0.4 is 4.74 Å². The fraction of sp³-hybridized carbons (Fsp3) is 0.250. The zero-order valence-electron chi connectivity index (χ0n) is 12.2. The topological polar surface area (TPSA) is 68.7 Å². The van der Waals surface area contributed by atoms with Gasteiger partial charge in [0, 0.05) is 19.8 Å². The zero-order valence-corrected chi connectivity index (χ0v) is 15.9. The van der Waals surface area contributed by atoms with Crippen LogP contribution in [0.15, 0.2) is 34.9 Å². The summed E-state index contributed by atoms with van der Waals surface area (Å²) in [5.41, 5.74) is -0.577. The quantitative estimate of drug-likeness (QED) is 0.525. The molecule has 1 aliphatic rings. The number of esters is 1. The second kappa shape index (κ2) is 6.37. The number of carbonyl (C=O) groups excluding carboxylic acids is 1. The molecule has 0 saturated heterocycles. The van der Waals surface area contributed by atoms with Crippen LogP contribution in [0.4, 0.5) is 0 Å². The van der Waals surface area contributed by atoms with Crippen molar-refractivity contribution in [3.05, 3.63) is 49.6 Å². The number of benzene rings is 1. The van der Waals surface area contributed by atoms with Crippen LogP contribution in [-0.4, -0.2) is 22.7 Å². The summed E-state index contributed by atoms with van der Waals surface area (Å²) in [7, 11) is 0. The van der Waals surface area contributed by atoms with E-state index in [2.05, 4.69) is 43.5 Å². The third-order valence-electron chi connectivity index (χ3n) is 3.56. The summed E-state index contributed by atoms with van der Waals surface area (Å²) in [6.45, 7) is 1.99. The summed E-state index contributed by atoms with van der Waals surface area (Å²) in [5.74, 6) is 0.292. The Hall–Kier alpha value is -1.19. The Morgan fingerprint density at radius 3 is 2.96 bits per heavy atom. The molecule has 0 amide bonds. The van der Waals surface area contributed by atoms with Crippen molar-refractivity contribution < 1.29 is 19.4 Å². The first-order chi connectivity index (χ1) is 10.9. The van der Waals surface area contributed by atoms with Crippen LogP contribution in [0.1, 0.15) is 24.5 Å². The molecule has 0 radical (unpaired) electrons. The predicted molar refractivity (Wildman–Crippen MR) is 95.4 cm³/mol. The first kappa shape index (κ1) is 16.7. The molecule has 1 aromatic heterocycles. The van der Waals surface area contributed by atoms with Gasteiger partial charge in [-0.05, 0) is 69.7 Å². The molecule has 0 aliphatic carbocycles. The van der Waals surface area contributed by atoms with E-state index in [1.165, 1.54) is 0 Å². The number of ether oxygens (including phenoxy) is 2. The minimum absolute atomic E-state index is 0.206. The van der Waals surface area contributed by atoms with Crippen LogP contribution in [0.3, 0.4) is 0 Å². The lowest BCUT2D eigenvalue weighted by Crippen LogP contribution is -2.34. The second-order valence-electron chi connectivity index (χ2n) is 5.09. The van der Waals surface area contributed by atoms with Crippen molar-refractivity contribution in [2.75, 3.05) is 6.61 Å². The maximum absolute atomic E-state index is 12.0. The largest absolute Gasteiger partial charge is 0.466 e. The smallest absolute Gasteiger partial charge is 0.309 e. The van der Waals surface area contributed by atoms with E-state index in [0.29, 0.717) is 21.3 Å². The normalized spacial score (nSPS) is 18.6. The van der Waals surface area contributed by atoms with Crippen LogP contribution in [0, 0.1) is 3.57 Å². The van der Waals surface area contributed by atoms with E-state index in [1.807, 2.05) is 6.07 Å². The highest BCUT2D eigenvalue weighted by atomic mass is 127. The molecule has 1 N–H and O–H groups in total. The molecule has 1 atom stereocenters. The second-order valence-corrected chi connectivity index (χ2v) is 7.25. The van der Waals surface area contributed by atoms with E-state index in [9.17, 15) is 9.90 Å². The van der Waals surface area contributed by atoms with Gasteiger partial charge in [-0.2, -0.15) is 0 Å². The third kappa shape index (κ3) is 3.09. The van der Waals surface area contributed by atoms with Gasteiger partial charge in [-0.15, -0.1) is 0 Å². The van der Waals surface area contributed by atoms with Gasteiger partial charge >= 0.3 is 5.97 Å². The van der Waals surface area contributed by atoms with Gasteiger partial charge in [0.15, 0.2) is 0 Å². The lowest BCUT2D eigenvalue weighted by atomic mass is 9.82. The van der Waals surface area contributed by atoms with Gasteiger partial charge in [0.05, 0.1) is 18.6 Å². The fourth-order valence-corrected chi connectivity index (χ4v) is 3.40. The monoisotopic (exact) mass is 489 g/mol. The van der Waals surface area contributed by atoms with Crippen LogP contribution in [-0.2, 0) is 15.1 Å². The van der Waals surface area contributed by atoms with E-state index in [4.69, 9.17) is 9.47 Å². The average molecular weight is 490 g/mol. The minimum atomic E-state index is -1.55. The molecular formula is C16H13BrINO4. The highest BCUT2D eigenvalue weighted by Crippen LogP contribution is 2.48. The Morgan fingerprint density at radius 1 is 1.43 bits per heavy atom. The number of carbonyl (C=O) groups is 1. The summed E-state index contributed by atoms with van der Waals surface area (Å²) in [6, 6.07) is 7.15. The highest BCUT2D eigenvalue weighted by molar-refractivity contribution is 14.1. The Morgan fingerprint density at radius 2 is 2.22 bits per heavy atom. The number of fused-ring (bicyclic) bond motifs is 2. The SMILES string of the molecule is CCOC(=O)CC1(O)c2cc(I)ccc2Oc2ncc(Br)cc21. The predicted octanol–water partition coefficient (Wildman–Crippen LogP) is 3.74. The van der Waals surface area contributed by atoms with Crippen LogP contribution in [0.25, 0.3) is 0 Å². The Bertz CT molecular complexity index is 729. The number of nitrogens with zero attached hydrogens (tertiary/aromatic N) is 1. The third-order valence-corrected chi connectivity index (χ3v) is 4.67. The number of aromatic nitrogens is 1. The molecule has 0 saturated carbocycles. The van der Waals surface area contributed by atoms with Crippen LogP contribution in [0.2, 0.25) is 0 Å². The summed E-state index contributed by atoms with van der Waals surface area (Å²) >= 11 is 5.50. The van der Waals surface area contributed by atoms with Crippen LogP contribution >= 0.6 is 38.5 Å². The van der Waals surface area contributed by atoms with E-state index >= 15 is 0 Å². The van der Waals surface area contributed by atoms with Gasteiger partial charge in [-0.3, -0.25) is 4.79 Å².